The Balaban J connectivity index is 1.38. The highest BCUT2D eigenvalue weighted by Crippen LogP contribution is 2.23. The fraction of sp³-hybridized carbons (Fsp3) is 0.421. The highest BCUT2D eigenvalue weighted by atomic mass is 16.5. The summed E-state index contributed by atoms with van der Waals surface area (Å²) in [6, 6.07) is 12.0. The summed E-state index contributed by atoms with van der Waals surface area (Å²) >= 11 is 0. The van der Waals surface area contributed by atoms with Gasteiger partial charge in [-0.25, -0.2) is 9.78 Å². The summed E-state index contributed by atoms with van der Waals surface area (Å²) in [5.41, 5.74) is 1.92. The van der Waals surface area contributed by atoms with Crippen molar-refractivity contribution in [2.75, 3.05) is 33.3 Å². The average molecular weight is 353 g/mol. The van der Waals surface area contributed by atoms with Crippen LogP contribution in [0.1, 0.15) is 11.4 Å². The van der Waals surface area contributed by atoms with E-state index in [1.54, 1.807) is 13.3 Å². The molecule has 0 saturated carbocycles. The van der Waals surface area contributed by atoms with Crippen molar-refractivity contribution >= 4 is 6.03 Å². The molecule has 0 aliphatic carbocycles. The van der Waals surface area contributed by atoms with Gasteiger partial charge >= 0.3 is 6.03 Å². The van der Waals surface area contributed by atoms with Gasteiger partial charge < -0.3 is 14.5 Å². The van der Waals surface area contributed by atoms with Crippen LogP contribution >= 0.6 is 0 Å². The van der Waals surface area contributed by atoms with E-state index in [4.69, 9.17) is 4.74 Å². The molecular formula is C19H23N5O2. The SMILES string of the molecule is COc1cccc(CN2CCN3C(=O)N(Cc4ccccn4)C[C@H]3C2)n1. The van der Waals surface area contributed by atoms with Gasteiger partial charge in [0.25, 0.3) is 0 Å². The van der Waals surface area contributed by atoms with Crippen molar-refractivity contribution in [1.82, 2.24) is 24.7 Å². The van der Waals surface area contributed by atoms with Crippen LogP contribution in [-0.2, 0) is 13.1 Å². The van der Waals surface area contributed by atoms with Crippen molar-refractivity contribution in [2.24, 2.45) is 0 Å². The number of hydrogen-bond acceptors (Lipinski definition) is 5. The van der Waals surface area contributed by atoms with Crippen LogP contribution in [0.4, 0.5) is 4.79 Å². The van der Waals surface area contributed by atoms with E-state index in [0.717, 1.165) is 44.1 Å². The van der Waals surface area contributed by atoms with E-state index in [-0.39, 0.29) is 12.1 Å². The van der Waals surface area contributed by atoms with Gasteiger partial charge in [0.1, 0.15) is 0 Å². The molecule has 2 aromatic heterocycles. The maximum Gasteiger partial charge on any atom is 0.320 e. The maximum absolute atomic E-state index is 12.7. The molecule has 4 heterocycles. The summed E-state index contributed by atoms with van der Waals surface area (Å²) in [6.45, 7) is 4.58. The van der Waals surface area contributed by atoms with E-state index < -0.39 is 0 Å². The van der Waals surface area contributed by atoms with Crippen molar-refractivity contribution in [2.45, 2.75) is 19.1 Å². The summed E-state index contributed by atoms with van der Waals surface area (Å²) in [4.78, 5) is 27.8. The number of pyridine rings is 2. The molecule has 2 fully saturated rings. The second-order valence-electron chi connectivity index (χ2n) is 6.74. The van der Waals surface area contributed by atoms with Crippen LogP contribution in [0.3, 0.4) is 0 Å². The van der Waals surface area contributed by atoms with Crippen LogP contribution in [0.15, 0.2) is 42.6 Å². The zero-order valence-corrected chi connectivity index (χ0v) is 14.9. The van der Waals surface area contributed by atoms with Crippen LogP contribution in [0.25, 0.3) is 0 Å². The zero-order valence-electron chi connectivity index (χ0n) is 14.9. The lowest BCUT2D eigenvalue weighted by atomic mass is 10.2. The van der Waals surface area contributed by atoms with Crippen molar-refractivity contribution in [3.8, 4) is 5.88 Å². The van der Waals surface area contributed by atoms with Crippen LogP contribution in [-0.4, -0.2) is 70.0 Å². The quantitative estimate of drug-likeness (QED) is 0.817. The zero-order chi connectivity index (χ0) is 17.9. The van der Waals surface area contributed by atoms with Gasteiger partial charge in [-0.1, -0.05) is 12.1 Å². The summed E-state index contributed by atoms with van der Waals surface area (Å²) < 4.78 is 5.20. The highest BCUT2D eigenvalue weighted by molar-refractivity contribution is 5.77. The van der Waals surface area contributed by atoms with Gasteiger partial charge in [0.05, 0.1) is 31.1 Å². The Morgan fingerprint density at radius 1 is 1.08 bits per heavy atom. The second-order valence-corrected chi connectivity index (χ2v) is 6.74. The highest BCUT2D eigenvalue weighted by Gasteiger charge is 2.40. The molecule has 2 amide bonds. The summed E-state index contributed by atoms with van der Waals surface area (Å²) in [6.07, 6.45) is 1.77. The predicted molar refractivity (Wildman–Crippen MR) is 96.6 cm³/mol. The average Bonchev–Trinajstić information content (AvgIpc) is 2.98. The molecule has 0 bridgehead atoms. The Labute approximate surface area is 153 Å². The number of fused-ring (bicyclic) bond motifs is 1. The lowest BCUT2D eigenvalue weighted by Gasteiger charge is -2.36. The van der Waals surface area contributed by atoms with E-state index >= 15 is 0 Å². The van der Waals surface area contributed by atoms with Gasteiger partial charge in [0.15, 0.2) is 0 Å². The van der Waals surface area contributed by atoms with E-state index in [1.807, 2.05) is 46.2 Å². The van der Waals surface area contributed by atoms with Gasteiger partial charge in [0.2, 0.25) is 5.88 Å². The number of nitrogens with zero attached hydrogens (tertiary/aromatic N) is 5. The standard InChI is InChI=1S/C19H23N5O2/c1-26-18-7-4-6-16(21-18)11-22-9-10-24-17(13-22)14-23(19(24)25)12-15-5-2-3-8-20-15/h2-8,17H,9-14H2,1H3/t17-/m1/s1. The minimum absolute atomic E-state index is 0.125. The van der Waals surface area contributed by atoms with Crippen molar-refractivity contribution in [3.05, 3.63) is 54.0 Å². The molecule has 1 atom stereocenters. The van der Waals surface area contributed by atoms with Gasteiger partial charge in [-0.05, 0) is 18.2 Å². The molecule has 26 heavy (non-hydrogen) atoms. The van der Waals surface area contributed by atoms with Crippen molar-refractivity contribution in [3.63, 3.8) is 0 Å². The number of aromatic nitrogens is 2. The minimum atomic E-state index is 0.125. The number of hydrogen-bond donors (Lipinski definition) is 0. The third kappa shape index (κ3) is 3.48. The fourth-order valence-electron chi connectivity index (χ4n) is 3.69. The lowest BCUT2D eigenvalue weighted by molar-refractivity contribution is 0.115. The van der Waals surface area contributed by atoms with Crippen LogP contribution < -0.4 is 4.74 Å². The molecule has 2 aliphatic heterocycles. The van der Waals surface area contributed by atoms with Crippen LogP contribution in [0.5, 0.6) is 5.88 Å². The largest absolute Gasteiger partial charge is 0.481 e. The summed E-state index contributed by atoms with van der Waals surface area (Å²) in [5.74, 6) is 0.638. The molecule has 0 unspecified atom stereocenters. The Morgan fingerprint density at radius 2 is 1.96 bits per heavy atom. The van der Waals surface area contributed by atoms with Crippen LogP contribution in [0, 0.1) is 0 Å². The van der Waals surface area contributed by atoms with E-state index in [1.165, 1.54) is 0 Å². The molecule has 7 nitrogen and oxygen atoms in total. The first-order valence-electron chi connectivity index (χ1n) is 8.90. The molecule has 4 rings (SSSR count). The Hall–Kier alpha value is -2.67. The topological polar surface area (TPSA) is 61.8 Å². The third-order valence-corrected chi connectivity index (χ3v) is 4.97. The second kappa shape index (κ2) is 7.29. The van der Waals surface area contributed by atoms with Gasteiger partial charge in [-0.2, -0.15) is 0 Å². The number of carbonyl (C=O) groups is 1. The number of urea groups is 1. The molecule has 2 saturated heterocycles. The number of ether oxygens (including phenoxy) is 1. The fourth-order valence-corrected chi connectivity index (χ4v) is 3.69. The van der Waals surface area contributed by atoms with E-state index in [0.29, 0.717) is 12.4 Å². The molecule has 2 aromatic rings. The normalized spacial score (nSPS) is 20.3. The molecular weight excluding hydrogens is 330 g/mol. The van der Waals surface area contributed by atoms with Gasteiger partial charge in [-0.3, -0.25) is 9.88 Å². The van der Waals surface area contributed by atoms with E-state index in [9.17, 15) is 4.79 Å². The van der Waals surface area contributed by atoms with Gasteiger partial charge in [0, 0.05) is 45.0 Å². The molecule has 2 aliphatic rings. The molecule has 0 radical (unpaired) electrons. The number of amides is 2. The Kier molecular flexibility index (Phi) is 4.71. The summed E-state index contributed by atoms with van der Waals surface area (Å²) in [5, 5.41) is 0. The minimum Gasteiger partial charge on any atom is -0.481 e. The maximum atomic E-state index is 12.7. The van der Waals surface area contributed by atoms with Gasteiger partial charge in [-0.15, -0.1) is 0 Å². The molecule has 7 heteroatoms. The first kappa shape index (κ1) is 16.8. The predicted octanol–water partition coefficient (Wildman–Crippen LogP) is 1.61. The monoisotopic (exact) mass is 353 g/mol. The molecule has 0 aromatic carbocycles. The van der Waals surface area contributed by atoms with Crippen molar-refractivity contribution in [1.29, 1.82) is 0 Å². The van der Waals surface area contributed by atoms with E-state index in [2.05, 4.69) is 14.9 Å². The smallest absolute Gasteiger partial charge is 0.320 e. The number of rotatable bonds is 5. The first-order chi connectivity index (χ1) is 12.7. The Bertz CT molecular complexity index is 770. The molecule has 0 N–H and O–H groups in total. The third-order valence-electron chi connectivity index (χ3n) is 4.97. The summed E-state index contributed by atoms with van der Waals surface area (Å²) in [7, 11) is 1.63. The van der Waals surface area contributed by atoms with Crippen LogP contribution in [0.2, 0.25) is 0 Å². The molecule has 136 valence electrons. The molecule has 0 spiro atoms. The van der Waals surface area contributed by atoms with Crippen molar-refractivity contribution < 1.29 is 9.53 Å². The first-order valence-corrected chi connectivity index (χ1v) is 8.90. The number of piperazine rings is 1. The number of methoxy groups -OCH3 is 1. The number of carbonyl (C=O) groups excluding carboxylic acids is 1. The Morgan fingerprint density at radius 3 is 2.77 bits per heavy atom. The lowest BCUT2D eigenvalue weighted by Crippen LogP contribution is -2.51.